The third-order valence-electron chi connectivity index (χ3n) is 1.62. The second-order valence-electron chi connectivity index (χ2n) is 2.63. The molecule has 1 aromatic carbocycles. The fraction of sp³-hybridized carbons (Fsp3) is 0.222. The van der Waals surface area contributed by atoms with Crippen molar-refractivity contribution in [2.75, 3.05) is 14.2 Å². The predicted octanol–water partition coefficient (Wildman–Crippen LogP) is 2.67. The van der Waals surface area contributed by atoms with Gasteiger partial charge in [-0.3, -0.25) is 4.84 Å². The molecule has 0 aliphatic carbocycles. The molecule has 0 aliphatic rings. The van der Waals surface area contributed by atoms with Gasteiger partial charge >= 0.3 is 5.97 Å². The smallest absolute Gasteiger partial charge is 0.338 e. The van der Waals surface area contributed by atoms with Crippen LogP contribution in [0.1, 0.15) is 10.4 Å². The molecule has 0 saturated heterocycles. The molecule has 82 valence electrons. The zero-order chi connectivity index (χ0) is 11.4. The fourth-order valence-corrected chi connectivity index (χ4v) is 1.41. The first-order valence-electron chi connectivity index (χ1n) is 3.99. The van der Waals surface area contributed by atoms with Gasteiger partial charge in [0.15, 0.2) is 0 Å². The third kappa shape index (κ3) is 3.46. The Morgan fingerprint density at radius 2 is 2.20 bits per heavy atom. The number of hydrogen-bond donors (Lipinski definition) is 0. The van der Waals surface area contributed by atoms with Gasteiger partial charge < -0.3 is 4.84 Å². The van der Waals surface area contributed by atoms with Crippen molar-refractivity contribution in [3.63, 3.8) is 0 Å². The van der Waals surface area contributed by atoms with E-state index in [0.29, 0.717) is 5.02 Å². The number of hydroxylamine groups is 2. The quantitative estimate of drug-likeness (QED) is 0.804. The Kier molecular flexibility index (Phi) is 4.53. The van der Waals surface area contributed by atoms with Gasteiger partial charge in [-0.2, -0.15) is 0 Å². The zero-order valence-electron chi connectivity index (χ0n) is 8.16. The minimum atomic E-state index is -0.578. The third-order valence-corrected chi connectivity index (χ3v) is 2.44. The summed E-state index contributed by atoms with van der Waals surface area (Å²) in [6.07, 6.45) is 0. The molecule has 4 nitrogen and oxygen atoms in total. The van der Waals surface area contributed by atoms with E-state index in [1.807, 2.05) is 0 Å². The Bertz CT molecular complexity index is 372. The lowest BCUT2D eigenvalue weighted by Gasteiger charge is -2.13. The summed E-state index contributed by atoms with van der Waals surface area (Å²) in [6.45, 7) is 0. The maximum absolute atomic E-state index is 11.5. The van der Waals surface area contributed by atoms with Gasteiger partial charge in [0.25, 0.3) is 0 Å². The number of carbonyl (C=O) groups is 1. The number of nitrogens with zero attached hydrogens (tertiary/aromatic N) is 1. The van der Waals surface area contributed by atoms with Gasteiger partial charge in [0, 0.05) is 4.47 Å². The van der Waals surface area contributed by atoms with Crippen molar-refractivity contribution in [2.24, 2.45) is 0 Å². The lowest BCUT2D eigenvalue weighted by atomic mass is 10.2. The summed E-state index contributed by atoms with van der Waals surface area (Å²) >= 11 is 9.07. The van der Waals surface area contributed by atoms with Gasteiger partial charge in [0.2, 0.25) is 0 Å². The van der Waals surface area contributed by atoms with Crippen molar-refractivity contribution in [2.45, 2.75) is 0 Å². The Morgan fingerprint density at radius 3 is 2.80 bits per heavy atom. The van der Waals surface area contributed by atoms with Crippen LogP contribution in [0.15, 0.2) is 22.7 Å². The molecule has 0 N–H and O–H groups in total. The molecule has 1 rings (SSSR count). The second kappa shape index (κ2) is 5.46. The number of rotatable bonds is 3. The monoisotopic (exact) mass is 293 g/mol. The molecule has 0 amide bonds. The van der Waals surface area contributed by atoms with Gasteiger partial charge in [-0.1, -0.05) is 27.5 Å². The topological polar surface area (TPSA) is 38.8 Å². The SMILES string of the molecule is CON(C)OC(=O)c1cc(Br)ccc1Cl. The van der Waals surface area contributed by atoms with Crippen LogP contribution < -0.4 is 0 Å². The largest absolute Gasteiger partial charge is 0.360 e. The molecule has 0 atom stereocenters. The summed E-state index contributed by atoms with van der Waals surface area (Å²) in [7, 11) is 2.85. The highest BCUT2D eigenvalue weighted by molar-refractivity contribution is 9.10. The molecule has 0 radical (unpaired) electrons. The van der Waals surface area contributed by atoms with Crippen LogP contribution in [-0.2, 0) is 9.68 Å². The van der Waals surface area contributed by atoms with Crippen LogP contribution in [0.3, 0.4) is 0 Å². The maximum atomic E-state index is 11.5. The summed E-state index contributed by atoms with van der Waals surface area (Å²) in [6, 6.07) is 4.92. The molecule has 0 spiro atoms. The van der Waals surface area contributed by atoms with E-state index in [4.69, 9.17) is 16.4 Å². The number of benzene rings is 1. The van der Waals surface area contributed by atoms with E-state index in [1.165, 1.54) is 14.2 Å². The standard InChI is InChI=1S/C9H9BrClNO3/c1-12(14-2)15-9(13)7-5-6(10)3-4-8(7)11/h3-5H,1-2H3. The Hall–Kier alpha value is -0.620. The van der Waals surface area contributed by atoms with Crippen LogP contribution in [0, 0.1) is 0 Å². The second-order valence-corrected chi connectivity index (χ2v) is 3.95. The summed E-state index contributed by atoms with van der Waals surface area (Å²) < 4.78 is 0.749. The average molecular weight is 295 g/mol. The minimum absolute atomic E-state index is 0.273. The molecule has 0 unspecified atom stereocenters. The molecule has 0 heterocycles. The molecule has 1 aromatic rings. The Labute approximate surface area is 101 Å². The molecule has 0 saturated carbocycles. The van der Waals surface area contributed by atoms with Crippen LogP contribution in [-0.4, -0.2) is 25.4 Å². The number of carbonyl (C=O) groups excluding carboxylic acids is 1. The van der Waals surface area contributed by atoms with Gasteiger partial charge in [0.05, 0.1) is 24.7 Å². The van der Waals surface area contributed by atoms with Crippen molar-refractivity contribution >= 4 is 33.5 Å². The molecule has 0 fully saturated rings. The minimum Gasteiger partial charge on any atom is -0.338 e. The normalized spacial score (nSPS) is 10.5. The highest BCUT2D eigenvalue weighted by Crippen LogP contribution is 2.21. The average Bonchev–Trinajstić information content (AvgIpc) is 2.21. The van der Waals surface area contributed by atoms with Crippen LogP contribution in [0.5, 0.6) is 0 Å². The van der Waals surface area contributed by atoms with Crippen molar-refractivity contribution < 1.29 is 14.5 Å². The van der Waals surface area contributed by atoms with Crippen molar-refractivity contribution in [1.82, 2.24) is 5.23 Å². The van der Waals surface area contributed by atoms with Crippen LogP contribution >= 0.6 is 27.5 Å². The van der Waals surface area contributed by atoms with E-state index >= 15 is 0 Å². The van der Waals surface area contributed by atoms with Gasteiger partial charge in [0.1, 0.15) is 0 Å². The highest BCUT2D eigenvalue weighted by Gasteiger charge is 2.14. The van der Waals surface area contributed by atoms with E-state index in [0.717, 1.165) is 9.70 Å². The van der Waals surface area contributed by atoms with E-state index in [-0.39, 0.29) is 5.56 Å². The predicted molar refractivity (Wildman–Crippen MR) is 59.3 cm³/mol. The Morgan fingerprint density at radius 1 is 1.53 bits per heavy atom. The highest BCUT2D eigenvalue weighted by atomic mass is 79.9. The van der Waals surface area contributed by atoms with Crippen LogP contribution in [0.25, 0.3) is 0 Å². The van der Waals surface area contributed by atoms with E-state index in [9.17, 15) is 4.79 Å². The molecule has 6 heteroatoms. The van der Waals surface area contributed by atoms with Gasteiger partial charge in [-0.05, 0) is 23.4 Å². The van der Waals surface area contributed by atoms with Crippen molar-refractivity contribution in [3.8, 4) is 0 Å². The Balaban J connectivity index is 2.86. The fourth-order valence-electron chi connectivity index (χ4n) is 0.857. The first-order valence-corrected chi connectivity index (χ1v) is 5.17. The lowest BCUT2D eigenvalue weighted by molar-refractivity contribution is -0.303. The van der Waals surface area contributed by atoms with Gasteiger partial charge in [-0.25, -0.2) is 4.79 Å². The van der Waals surface area contributed by atoms with E-state index in [2.05, 4.69) is 20.8 Å². The van der Waals surface area contributed by atoms with Crippen molar-refractivity contribution in [3.05, 3.63) is 33.3 Å². The van der Waals surface area contributed by atoms with Crippen LogP contribution in [0.2, 0.25) is 5.02 Å². The summed E-state index contributed by atoms with van der Waals surface area (Å²) in [5.74, 6) is -0.578. The molecule has 0 aliphatic heterocycles. The summed E-state index contributed by atoms with van der Waals surface area (Å²) in [5, 5.41) is 1.27. The van der Waals surface area contributed by atoms with Crippen molar-refractivity contribution in [1.29, 1.82) is 0 Å². The summed E-state index contributed by atoms with van der Waals surface area (Å²) in [4.78, 5) is 21.0. The number of hydrogen-bond acceptors (Lipinski definition) is 4. The zero-order valence-corrected chi connectivity index (χ0v) is 10.5. The first kappa shape index (κ1) is 12.4. The molecular weight excluding hydrogens is 285 g/mol. The van der Waals surface area contributed by atoms with E-state index < -0.39 is 5.97 Å². The number of halogens is 2. The first-order chi connectivity index (χ1) is 7.04. The van der Waals surface area contributed by atoms with E-state index in [1.54, 1.807) is 18.2 Å². The van der Waals surface area contributed by atoms with Crippen LogP contribution in [0.4, 0.5) is 0 Å². The maximum Gasteiger partial charge on any atom is 0.360 e. The lowest BCUT2D eigenvalue weighted by Crippen LogP contribution is -2.22. The molecule has 15 heavy (non-hydrogen) atoms. The molecular formula is C9H9BrClNO3. The molecule has 0 bridgehead atoms. The summed E-state index contributed by atoms with van der Waals surface area (Å²) in [5.41, 5.74) is 0.273. The molecule has 0 aromatic heterocycles. The van der Waals surface area contributed by atoms with Gasteiger partial charge in [-0.15, -0.1) is 0 Å².